The van der Waals surface area contributed by atoms with Crippen LogP contribution in [0.1, 0.15) is 17.7 Å². The summed E-state index contributed by atoms with van der Waals surface area (Å²) >= 11 is 0. The summed E-state index contributed by atoms with van der Waals surface area (Å²) in [7, 11) is -3.38. The van der Waals surface area contributed by atoms with Crippen molar-refractivity contribution < 1.29 is 17.6 Å². The van der Waals surface area contributed by atoms with Gasteiger partial charge >= 0.3 is 0 Å². The molecule has 6 nitrogen and oxygen atoms in total. The van der Waals surface area contributed by atoms with Crippen molar-refractivity contribution >= 4 is 15.9 Å². The molecule has 0 saturated carbocycles. The minimum absolute atomic E-state index is 0.0978. The Kier molecular flexibility index (Phi) is 5.95. The molecule has 7 heteroatoms. The fourth-order valence-electron chi connectivity index (χ4n) is 2.06. The van der Waals surface area contributed by atoms with Crippen LogP contribution in [0.15, 0.2) is 53.1 Å². The van der Waals surface area contributed by atoms with Gasteiger partial charge in [0.25, 0.3) is 0 Å². The average molecular weight is 336 g/mol. The molecule has 0 aliphatic heterocycles. The van der Waals surface area contributed by atoms with Crippen molar-refractivity contribution in [2.75, 3.05) is 12.8 Å². The van der Waals surface area contributed by atoms with E-state index < -0.39 is 10.0 Å². The fraction of sp³-hybridized carbons (Fsp3) is 0.312. The highest BCUT2D eigenvalue weighted by molar-refractivity contribution is 7.88. The average Bonchev–Trinajstić information content (AvgIpc) is 3.02. The summed E-state index contributed by atoms with van der Waals surface area (Å²) in [5, 5.41) is 2.70. The summed E-state index contributed by atoms with van der Waals surface area (Å²) in [5.41, 5.74) is 0.883. The van der Waals surface area contributed by atoms with Crippen LogP contribution in [0.2, 0.25) is 0 Å². The molecular weight excluding hydrogens is 316 g/mol. The van der Waals surface area contributed by atoms with Gasteiger partial charge in [-0.1, -0.05) is 30.3 Å². The first-order chi connectivity index (χ1) is 10.9. The molecule has 2 rings (SSSR count). The number of carbonyl (C=O) groups is 1. The maximum atomic E-state index is 11.9. The lowest BCUT2D eigenvalue weighted by atomic mass is 10.2. The first-order valence-corrected chi connectivity index (χ1v) is 9.08. The minimum Gasteiger partial charge on any atom is -0.467 e. The van der Waals surface area contributed by atoms with Gasteiger partial charge in [0.1, 0.15) is 5.76 Å². The molecular formula is C16H20N2O4S. The molecule has 23 heavy (non-hydrogen) atoms. The highest BCUT2D eigenvalue weighted by Gasteiger charge is 2.18. The van der Waals surface area contributed by atoms with Crippen molar-refractivity contribution in [3.63, 3.8) is 0 Å². The number of amides is 1. The molecule has 0 unspecified atom stereocenters. The molecule has 1 amide bonds. The molecule has 0 spiro atoms. The highest BCUT2D eigenvalue weighted by atomic mass is 32.2. The number of nitrogens with one attached hydrogen (secondary N) is 1. The van der Waals surface area contributed by atoms with Gasteiger partial charge in [-0.05, 0) is 17.7 Å². The Balaban J connectivity index is 1.87. The van der Waals surface area contributed by atoms with E-state index in [1.165, 1.54) is 10.6 Å². The molecule has 0 saturated heterocycles. The molecule has 0 bridgehead atoms. The normalized spacial score (nSPS) is 11.6. The van der Waals surface area contributed by atoms with E-state index in [0.717, 1.165) is 11.8 Å². The standard InChI is InChI=1S/C16H20N2O4S/c1-23(20,21)18(13-14-6-3-2-4-7-14)10-9-16(19)17-12-15-8-5-11-22-15/h2-8,11H,9-10,12-13H2,1H3,(H,17,19). The van der Waals surface area contributed by atoms with Gasteiger partial charge < -0.3 is 9.73 Å². The first-order valence-electron chi connectivity index (χ1n) is 7.23. The maximum absolute atomic E-state index is 11.9. The molecule has 1 aromatic carbocycles. The van der Waals surface area contributed by atoms with Crippen LogP contribution in [-0.4, -0.2) is 31.4 Å². The molecule has 2 aromatic rings. The van der Waals surface area contributed by atoms with Crippen molar-refractivity contribution in [1.29, 1.82) is 0 Å². The Hall–Kier alpha value is -2.12. The summed E-state index contributed by atoms with van der Waals surface area (Å²) in [6.45, 7) is 0.687. The van der Waals surface area contributed by atoms with Gasteiger partial charge in [-0.15, -0.1) is 0 Å². The number of furan rings is 1. The largest absolute Gasteiger partial charge is 0.467 e. The van der Waals surface area contributed by atoms with Crippen LogP contribution >= 0.6 is 0 Å². The molecule has 124 valence electrons. The van der Waals surface area contributed by atoms with Crippen molar-refractivity contribution in [3.8, 4) is 0 Å². The number of hydrogen-bond donors (Lipinski definition) is 1. The van der Waals surface area contributed by atoms with Crippen molar-refractivity contribution in [1.82, 2.24) is 9.62 Å². The minimum atomic E-state index is -3.38. The van der Waals surface area contributed by atoms with Crippen LogP contribution < -0.4 is 5.32 Å². The first kappa shape index (κ1) is 17.2. The van der Waals surface area contributed by atoms with Gasteiger partial charge in [0.2, 0.25) is 15.9 Å². The van der Waals surface area contributed by atoms with Gasteiger partial charge in [-0.2, -0.15) is 4.31 Å². The number of rotatable bonds is 8. The van der Waals surface area contributed by atoms with Crippen LogP contribution in [0.25, 0.3) is 0 Å². The number of nitrogens with zero attached hydrogens (tertiary/aromatic N) is 1. The maximum Gasteiger partial charge on any atom is 0.221 e. The fourth-order valence-corrected chi connectivity index (χ4v) is 2.87. The zero-order valence-electron chi connectivity index (χ0n) is 12.9. The zero-order chi connectivity index (χ0) is 16.7. The Bertz CT molecular complexity index is 712. The Labute approximate surface area is 136 Å². The van der Waals surface area contributed by atoms with Crippen LogP contribution in [0.3, 0.4) is 0 Å². The second kappa shape index (κ2) is 7.94. The van der Waals surface area contributed by atoms with Crippen molar-refractivity contribution in [3.05, 3.63) is 60.1 Å². The number of hydrogen-bond acceptors (Lipinski definition) is 4. The Morgan fingerprint density at radius 3 is 2.52 bits per heavy atom. The smallest absolute Gasteiger partial charge is 0.221 e. The summed E-state index contributed by atoms with van der Waals surface area (Å²) in [6.07, 6.45) is 2.78. The molecule has 0 radical (unpaired) electrons. The van der Waals surface area contributed by atoms with Gasteiger partial charge in [-0.25, -0.2) is 8.42 Å². The molecule has 0 fully saturated rings. The number of carbonyl (C=O) groups excluding carboxylic acids is 1. The topological polar surface area (TPSA) is 79.6 Å². The van der Waals surface area contributed by atoms with E-state index in [1.54, 1.807) is 12.1 Å². The van der Waals surface area contributed by atoms with Crippen LogP contribution in [0.4, 0.5) is 0 Å². The summed E-state index contributed by atoms with van der Waals surface area (Å²) in [4.78, 5) is 11.8. The quantitative estimate of drug-likeness (QED) is 0.796. The molecule has 1 N–H and O–H groups in total. The lowest BCUT2D eigenvalue weighted by molar-refractivity contribution is -0.121. The summed E-state index contributed by atoms with van der Waals surface area (Å²) in [5.74, 6) is 0.436. The molecule has 1 aromatic heterocycles. The number of benzene rings is 1. The molecule has 0 atom stereocenters. The Morgan fingerprint density at radius 1 is 1.17 bits per heavy atom. The lowest BCUT2D eigenvalue weighted by Crippen LogP contribution is -2.34. The molecule has 0 aliphatic carbocycles. The van der Waals surface area contributed by atoms with Gasteiger partial charge in [0.15, 0.2) is 0 Å². The Morgan fingerprint density at radius 2 is 1.91 bits per heavy atom. The predicted octanol–water partition coefficient (Wildman–Crippen LogP) is 1.75. The number of sulfonamides is 1. The van der Waals surface area contributed by atoms with E-state index in [4.69, 9.17) is 4.42 Å². The van der Waals surface area contributed by atoms with E-state index in [1.807, 2.05) is 30.3 Å². The van der Waals surface area contributed by atoms with Crippen molar-refractivity contribution in [2.45, 2.75) is 19.5 Å². The third kappa shape index (κ3) is 5.88. The molecule has 1 heterocycles. The summed E-state index contributed by atoms with van der Waals surface area (Å²) < 4.78 is 30.2. The molecule has 0 aliphatic rings. The van der Waals surface area contributed by atoms with Crippen LogP contribution in [0, 0.1) is 0 Å². The van der Waals surface area contributed by atoms with E-state index in [9.17, 15) is 13.2 Å². The van der Waals surface area contributed by atoms with Gasteiger partial charge in [0.05, 0.1) is 19.1 Å². The zero-order valence-corrected chi connectivity index (χ0v) is 13.8. The highest BCUT2D eigenvalue weighted by Crippen LogP contribution is 2.09. The predicted molar refractivity (Wildman–Crippen MR) is 86.9 cm³/mol. The third-order valence-corrected chi connectivity index (χ3v) is 4.55. The second-order valence-electron chi connectivity index (χ2n) is 5.19. The lowest BCUT2D eigenvalue weighted by Gasteiger charge is -2.19. The SMILES string of the molecule is CS(=O)(=O)N(CCC(=O)NCc1ccco1)Cc1ccccc1. The third-order valence-electron chi connectivity index (χ3n) is 3.30. The van der Waals surface area contributed by atoms with Gasteiger partial charge in [0, 0.05) is 19.5 Å². The monoisotopic (exact) mass is 336 g/mol. The van der Waals surface area contributed by atoms with Gasteiger partial charge in [-0.3, -0.25) is 4.79 Å². The summed E-state index contributed by atoms with van der Waals surface area (Å²) in [6, 6.07) is 12.8. The van der Waals surface area contributed by atoms with E-state index in [-0.39, 0.29) is 25.4 Å². The van der Waals surface area contributed by atoms with Crippen LogP contribution in [0.5, 0.6) is 0 Å². The van der Waals surface area contributed by atoms with E-state index in [2.05, 4.69) is 5.32 Å². The van der Waals surface area contributed by atoms with Crippen LogP contribution in [-0.2, 0) is 27.9 Å². The van der Waals surface area contributed by atoms with E-state index >= 15 is 0 Å². The van der Waals surface area contributed by atoms with Crippen molar-refractivity contribution in [2.24, 2.45) is 0 Å². The van der Waals surface area contributed by atoms with E-state index in [0.29, 0.717) is 12.3 Å². The second-order valence-corrected chi connectivity index (χ2v) is 7.17.